The van der Waals surface area contributed by atoms with Gasteiger partial charge in [-0.1, -0.05) is 6.58 Å². The second-order valence-electron chi connectivity index (χ2n) is 5.64. The zero-order valence-corrected chi connectivity index (χ0v) is 15.9. The molecular formula is C17H24N6O6. The van der Waals surface area contributed by atoms with Crippen LogP contribution in [0.1, 0.15) is 6.42 Å². The highest BCUT2D eigenvalue weighted by molar-refractivity contribution is 5.82. The molecule has 0 bridgehead atoms. The van der Waals surface area contributed by atoms with Gasteiger partial charge in [0.2, 0.25) is 5.95 Å². The molecule has 0 atom stereocenters. The van der Waals surface area contributed by atoms with Crippen LogP contribution in [0.15, 0.2) is 19.0 Å². The first-order valence-electron chi connectivity index (χ1n) is 8.85. The van der Waals surface area contributed by atoms with Gasteiger partial charge < -0.3 is 35.0 Å². The zero-order chi connectivity index (χ0) is 21.1. The number of anilines is 2. The van der Waals surface area contributed by atoms with Crippen LogP contribution in [0.5, 0.6) is 0 Å². The van der Waals surface area contributed by atoms with E-state index < -0.39 is 5.97 Å². The van der Waals surface area contributed by atoms with E-state index in [1.165, 1.54) is 6.33 Å². The van der Waals surface area contributed by atoms with Gasteiger partial charge in [-0.3, -0.25) is 4.79 Å². The Balaban J connectivity index is 1.54. The Morgan fingerprint density at radius 2 is 1.69 bits per heavy atom. The van der Waals surface area contributed by atoms with Crippen molar-refractivity contribution in [2.75, 3.05) is 51.1 Å². The van der Waals surface area contributed by atoms with Crippen LogP contribution in [0.2, 0.25) is 0 Å². The van der Waals surface area contributed by atoms with E-state index in [1.54, 1.807) is 4.57 Å². The van der Waals surface area contributed by atoms with E-state index in [9.17, 15) is 9.59 Å². The molecule has 2 aromatic rings. The Morgan fingerprint density at radius 1 is 1.03 bits per heavy atom. The van der Waals surface area contributed by atoms with Gasteiger partial charge in [-0.2, -0.15) is 9.97 Å². The maximum atomic E-state index is 11.8. The van der Waals surface area contributed by atoms with E-state index in [0.717, 1.165) is 6.08 Å². The summed E-state index contributed by atoms with van der Waals surface area (Å²) in [6.45, 7) is 5.06. The highest BCUT2D eigenvalue weighted by atomic mass is 16.6. The number of aryl methyl sites for hydroxylation is 1. The summed E-state index contributed by atoms with van der Waals surface area (Å²) in [7, 11) is 0. The number of nitrogens with two attached hydrogens (primary N) is 2. The number of carbonyl (C=O) groups is 2. The smallest absolute Gasteiger partial charge is 0.330 e. The molecule has 0 aliphatic rings. The van der Waals surface area contributed by atoms with Crippen molar-refractivity contribution in [1.82, 2.24) is 19.5 Å². The lowest BCUT2D eigenvalue weighted by atomic mass is 10.4. The topological polar surface area (TPSA) is 167 Å². The van der Waals surface area contributed by atoms with Crippen LogP contribution in [0.4, 0.5) is 11.8 Å². The second-order valence-corrected chi connectivity index (χ2v) is 5.64. The van der Waals surface area contributed by atoms with Crippen molar-refractivity contribution in [3.8, 4) is 0 Å². The lowest BCUT2D eigenvalue weighted by Gasteiger charge is -2.08. The summed E-state index contributed by atoms with van der Waals surface area (Å²) in [4.78, 5) is 34.7. The SMILES string of the molecule is C=CC(=O)OCCOCCOCCOC(=O)CCn1cnc2c(N)nc(N)nc21. The molecule has 2 heterocycles. The van der Waals surface area contributed by atoms with Gasteiger partial charge in [0.1, 0.15) is 18.7 Å². The maximum absolute atomic E-state index is 11.8. The predicted molar refractivity (Wildman–Crippen MR) is 103 cm³/mol. The van der Waals surface area contributed by atoms with E-state index >= 15 is 0 Å². The average molecular weight is 408 g/mol. The Morgan fingerprint density at radius 3 is 2.38 bits per heavy atom. The van der Waals surface area contributed by atoms with Gasteiger partial charge in [-0.15, -0.1) is 0 Å². The summed E-state index contributed by atoms with van der Waals surface area (Å²) in [5.74, 6) is -0.647. The normalized spacial score (nSPS) is 10.8. The monoisotopic (exact) mass is 408 g/mol. The van der Waals surface area contributed by atoms with E-state index in [1.807, 2.05) is 0 Å². The molecule has 2 rings (SSSR count). The van der Waals surface area contributed by atoms with E-state index in [4.69, 9.17) is 30.4 Å². The molecule has 0 unspecified atom stereocenters. The van der Waals surface area contributed by atoms with Crippen molar-refractivity contribution in [1.29, 1.82) is 0 Å². The number of nitrogens with zero attached hydrogens (tertiary/aromatic N) is 4. The fourth-order valence-electron chi connectivity index (χ4n) is 2.23. The van der Waals surface area contributed by atoms with E-state index in [-0.39, 0.29) is 50.6 Å². The lowest BCUT2D eigenvalue weighted by molar-refractivity contribution is -0.146. The number of hydrogen-bond donors (Lipinski definition) is 2. The van der Waals surface area contributed by atoms with E-state index in [2.05, 4.69) is 21.5 Å². The Labute approximate surface area is 166 Å². The first kappa shape index (κ1) is 22.0. The zero-order valence-electron chi connectivity index (χ0n) is 15.9. The molecule has 0 saturated heterocycles. The Hall–Kier alpha value is -3.25. The number of carbonyl (C=O) groups excluding carboxylic acids is 2. The first-order valence-corrected chi connectivity index (χ1v) is 8.85. The standard InChI is InChI=1S/C17H24N6O6/c1-2-12(24)28-9-7-26-5-6-27-8-10-29-13(25)3-4-23-11-20-14-15(18)21-17(19)22-16(14)23/h2,11H,1,3-10H2,(H4,18,19,21,22). The van der Waals surface area contributed by atoms with Gasteiger partial charge in [-0.25, -0.2) is 9.78 Å². The fraction of sp³-hybridized carbons (Fsp3) is 0.471. The van der Waals surface area contributed by atoms with Crippen LogP contribution in [0.25, 0.3) is 11.2 Å². The third-order valence-electron chi connectivity index (χ3n) is 3.57. The number of fused-ring (bicyclic) bond motifs is 1. The molecule has 158 valence electrons. The molecule has 4 N–H and O–H groups in total. The van der Waals surface area contributed by atoms with Gasteiger partial charge in [0.25, 0.3) is 0 Å². The van der Waals surface area contributed by atoms with Crippen molar-refractivity contribution in [3.05, 3.63) is 19.0 Å². The highest BCUT2D eigenvalue weighted by Crippen LogP contribution is 2.17. The van der Waals surface area contributed by atoms with Gasteiger partial charge in [-0.05, 0) is 0 Å². The third-order valence-corrected chi connectivity index (χ3v) is 3.57. The molecule has 12 heteroatoms. The van der Waals surface area contributed by atoms with Crippen molar-refractivity contribution < 1.29 is 28.5 Å². The minimum Gasteiger partial charge on any atom is -0.463 e. The summed E-state index contributed by atoms with van der Waals surface area (Å²) in [6.07, 6.45) is 2.73. The number of esters is 2. The molecule has 0 amide bonds. The maximum Gasteiger partial charge on any atom is 0.330 e. The van der Waals surface area contributed by atoms with Gasteiger partial charge >= 0.3 is 11.9 Å². The van der Waals surface area contributed by atoms with Gasteiger partial charge in [0.15, 0.2) is 11.5 Å². The number of aromatic nitrogens is 4. The molecule has 0 aliphatic carbocycles. The number of ether oxygens (including phenoxy) is 4. The molecule has 0 aromatic carbocycles. The largest absolute Gasteiger partial charge is 0.463 e. The first-order chi connectivity index (χ1) is 14.0. The molecule has 0 aliphatic heterocycles. The molecule has 0 saturated carbocycles. The van der Waals surface area contributed by atoms with Crippen LogP contribution in [0.3, 0.4) is 0 Å². The summed E-state index contributed by atoms with van der Waals surface area (Å²) in [6, 6.07) is 0. The lowest BCUT2D eigenvalue weighted by Crippen LogP contribution is -2.15. The second kappa shape index (κ2) is 11.6. The minimum absolute atomic E-state index is 0.0400. The Bertz CT molecular complexity index is 839. The van der Waals surface area contributed by atoms with Gasteiger partial charge in [0, 0.05) is 12.6 Å². The number of hydrogen-bond acceptors (Lipinski definition) is 11. The van der Waals surface area contributed by atoms with E-state index in [0.29, 0.717) is 30.9 Å². The predicted octanol–water partition coefficient (Wildman–Crippen LogP) is -0.314. The molecule has 0 fully saturated rings. The number of rotatable bonds is 13. The summed E-state index contributed by atoms with van der Waals surface area (Å²) in [5, 5.41) is 0. The molecule has 2 aromatic heterocycles. The summed E-state index contributed by atoms with van der Waals surface area (Å²) < 4.78 is 22.0. The molecule has 0 radical (unpaired) electrons. The van der Waals surface area contributed by atoms with Crippen LogP contribution in [0, 0.1) is 0 Å². The van der Waals surface area contributed by atoms with Crippen LogP contribution in [-0.2, 0) is 35.1 Å². The third kappa shape index (κ3) is 7.35. The molecule has 29 heavy (non-hydrogen) atoms. The number of nitrogen functional groups attached to an aromatic ring is 2. The molecule has 12 nitrogen and oxygen atoms in total. The van der Waals surface area contributed by atoms with Crippen molar-refractivity contribution in [3.63, 3.8) is 0 Å². The highest BCUT2D eigenvalue weighted by Gasteiger charge is 2.11. The Kier molecular flexibility index (Phi) is 8.79. The van der Waals surface area contributed by atoms with Crippen LogP contribution in [-0.4, -0.2) is 71.1 Å². The van der Waals surface area contributed by atoms with Crippen LogP contribution < -0.4 is 11.5 Å². The van der Waals surface area contributed by atoms with Crippen molar-refractivity contribution >= 4 is 34.9 Å². The van der Waals surface area contributed by atoms with Gasteiger partial charge in [0.05, 0.1) is 39.2 Å². The summed E-state index contributed by atoms with van der Waals surface area (Å²) >= 11 is 0. The molecular weight excluding hydrogens is 384 g/mol. The average Bonchev–Trinajstić information content (AvgIpc) is 3.10. The molecule has 0 spiro atoms. The van der Waals surface area contributed by atoms with Crippen molar-refractivity contribution in [2.24, 2.45) is 0 Å². The quantitative estimate of drug-likeness (QED) is 0.253. The minimum atomic E-state index is -0.491. The fourth-order valence-corrected chi connectivity index (χ4v) is 2.23. The van der Waals surface area contributed by atoms with Crippen molar-refractivity contribution in [2.45, 2.75) is 13.0 Å². The van der Waals surface area contributed by atoms with Crippen LogP contribution >= 0.6 is 0 Å². The number of imidazole rings is 1. The summed E-state index contributed by atoms with van der Waals surface area (Å²) in [5.41, 5.74) is 12.2.